The summed E-state index contributed by atoms with van der Waals surface area (Å²) in [5.41, 5.74) is 1.65. The summed E-state index contributed by atoms with van der Waals surface area (Å²) in [6.45, 7) is 2.97. The average molecular weight is 332 g/mol. The van der Waals surface area contributed by atoms with E-state index in [1.165, 1.54) is 6.07 Å². The molecule has 0 saturated carbocycles. The van der Waals surface area contributed by atoms with Crippen LogP contribution in [0.5, 0.6) is 0 Å². The third kappa shape index (κ3) is 2.50. The highest BCUT2D eigenvalue weighted by atomic mass is 79.9. The molecule has 0 saturated heterocycles. The highest BCUT2D eigenvalue weighted by molar-refractivity contribution is 9.10. The Morgan fingerprint density at radius 2 is 2.17 bits per heavy atom. The number of fused-ring (bicyclic) bond motifs is 1. The molecule has 1 aromatic heterocycles. The second-order valence-electron chi connectivity index (χ2n) is 4.69. The Morgan fingerprint density at radius 1 is 1.50 bits per heavy atom. The largest absolute Gasteiger partial charge is 0.330 e. The van der Waals surface area contributed by atoms with Gasteiger partial charge in [-0.15, -0.1) is 0 Å². The van der Waals surface area contributed by atoms with Gasteiger partial charge in [0.05, 0.1) is 15.5 Å². The van der Waals surface area contributed by atoms with E-state index in [1.807, 2.05) is 18.7 Å². The molecule has 0 radical (unpaired) electrons. The fourth-order valence-corrected chi connectivity index (χ4v) is 2.89. The number of rotatable bonds is 3. The van der Waals surface area contributed by atoms with Gasteiger partial charge in [-0.2, -0.15) is 0 Å². The zero-order valence-electron chi connectivity index (χ0n) is 10.5. The number of imidazole rings is 1. The number of H-pyrrole nitrogens is 1. The molecule has 0 aliphatic heterocycles. The molecule has 98 valence electrons. The van der Waals surface area contributed by atoms with Crippen LogP contribution in [-0.4, -0.2) is 35.1 Å². The van der Waals surface area contributed by atoms with E-state index in [2.05, 4.69) is 32.7 Å². The van der Waals surface area contributed by atoms with Gasteiger partial charge < -0.3 is 14.5 Å². The van der Waals surface area contributed by atoms with Crippen molar-refractivity contribution in [1.82, 2.24) is 14.5 Å². The highest BCUT2D eigenvalue weighted by Crippen LogP contribution is 2.25. The first-order chi connectivity index (χ1) is 8.40. The van der Waals surface area contributed by atoms with E-state index in [0.29, 0.717) is 9.24 Å². The van der Waals surface area contributed by atoms with Crippen LogP contribution < -0.4 is 0 Å². The Morgan fingerprint density at radius 3 is 2.78 bits per heavy atom. The zero-order chi connectivity index (χ0) is 13.4. The molecule has 1 atom stereocenters. The fraction of sp³-hybridized carbons (Fsp3) is 0.417. The van der Waals surface area contributed by atoms with Crippen LogP contribution in [-0.2, 0) is 0 Å². The van der Waals surface area contributed by atoms with Gasteiger partial charge in [-0.25, -0.2) is 4.39 Å². The number of nitrogens with one attached hydrogen (secondary N) is 1. The van der Waals surface area contributed by atoms with Crippen LogP contribution in [0.2, 0.25) is 0 Å². The number of halogens is 2. The third-order valence-electron chi connectivity index (χ3n) is 2.83. The Kier molecular flexibility index (Phi) is 3.89. The molecule has 6 heteroatoms. The van der Waals surface area contributed by atoms with Gasteiger partial charge in [0.25, 0.3) is 0 Å². The SMILES string of the molecule is CC(CN(C)C)n1c(=S)[nH]c2cc(F)c(Br)cc21. The Labute approximate surface area is 119 Å². The second kappa shape index (κ2) is 5.11. The fourth-order valence-electron chi connectivity index (χ4n) is 2.17. The Balaban J connectivity index is 2.60. The summed E-state index contributed by atoms with van der Waals surface area (Å²) in [6.07, 6.45) is 0. The van der Waals surface area contributed by atoms with Gasteiger partial charge in [-0.05, 0) is 55.2 Å². The summed E-state index contributed by atoms with van der Waals surface area (Å²) >= 11 is 8.53. The van der Waals surface area contributed by atoms with Crippen molar-refractivity contribution in [3.05, 3.63) is 27.2 Å². The number of aromatic nitrogens is 2. The average Bonchev–Trinajstić information content (AvgIpc) is 2.53. The molecule has 0 amide bonds. The van der Waals surface area contributed by atoms with E-state index in [0.717, 1.165) is 17.6 Å². The molecule has 1 unspecified atom stereocenters. The van der Waals surface area contributed by atoms with Gasteiger partial charge in [-0.1, -0.05) is 0 Å². The summed E-state index contributed by atoms with van der Waals surface area (Å²) < 4.78 is 16.6. The molecular formula is C12H15BrFN3S. The molecule has 1 aromatic carbocycles. The van der Waals surface area contributed by atoms with Crippen LogP contribution in [0.4, 0.5) is 4.39 Å². The van der Waals surface area contributed by atoms with Crippen LogP contribution in [0, 0.1) is 10.6 Å². The summed E-state index contributed by atoms with van der Waals surface area (Å²) in [5.74, 6) is -0.286. The quantitative estimate of drug-likeness (QED) is 0.866. The predicted molar refractivity (Wildman–Crippen MR) is 78.0 cm³/mol. The molecule has 0 aliphatic rings. The van der Waals surface area contributed by atoms with Gasteiger partial charge >= 0.3 is 0 Å². The lowest BCUT2D eigenvalue weighted by Gasteiger charge is -2.19. The van der Waals surface area contributed by atoms with Gasteiger partial charge in [0.1, 0.15) is 5.82 Å². The summed E-state index contributed by atoms with van der Waals surface area (Å²) in [5, 5.41) is 0. The molecule has 1 heterocycles. The maximum Gasteiger partial charge on any atom is 0.178 e. The van der Waals surface area contributed by atoms with Gasteiger partial charge in [0.2, 0.25) is 0 Å². The molecular weight excluding hydrogens is 317 g/mol. The first kappa shape index (κ1) is 13.7. The van der Waals surface area contributed by atoms with E-state index in [1.54, 1.807) is 6.07 Å². The van der Waals surface area contributed by atoms with E-state index < -0.39 is 0 Å². The molecule has 0 spiro atoms. The minimum atomic E-state index is -0.286. The highest BCUT2D eigenvalue weighted by Gasteiger charge is 2.14. The topological polar surface area (TPSA) is 24.0 Å². The van der Waals surface area contributed by atoms with Crippen molar-refractivity contribution in [2.24, 2.45) is 0 Å². The lowest BCUT2D eigenvalue weighted by atomic mass is 10.2. The number of hydrogen-bond donors (Lipinski definition) is 1. The number of nitrogens with zero attached hydrogens (tertiary/aromatic N) is 2. The summed E-state index contributed by atoms with van der Waals surface area (Å²) in [6, 6.07) is 3.45. The van der Waals surface area contributed by atoms with E-state index in [-0.39, 0.29) is 11.9 Å². The monoisotopic (exact) mass is 331 g/mol. The number of aromatic amines is 1. The second-order valence-corrected chi connectivity index (χ2v) is 5.94. The smallest absolute Gasteiger partial charge is 0.178 e. The van der Waals surface area contributed by atoms with Crippen molar-refractivity contribution >= 4 is 39.2 Å². The minimum absolute atomic E-state index is 0.221. The van der Waals surface area contributed by atoms with Crippen LogP contribution >= 0.6 is 28.1 Å². The number of hydrogen-bond acceptors (Lipinski definition) is 2. The normalized spacial score (nSPS) is 13.4. The molecule has 0 fully saturated rings. The van der Waals surface area contributed by atoms with Crippen molar-refractivity contribution in [3.63, 3.8) is 0 Å². The van der Waals surface area contributed by atoms with Crippen LogP contribution in [0.3, 0.4) is 0 Å². The van der Waals surface area contributed by atoms with Crippen molar-refractivity contribution < 1.29 is 4.39 Å². The van der Waals surface area contributed by atoms with Crippen molar-refractivity contribution in [2.75, 3.05) is 20.6 Å². The lowest BCUT2D eigenvalue weighted by Crippen LogP contribution is -2.22. The van der Waals surface area contributed by atoms with Gasteiger partial charge in [0.15, 0.2) is 4.77 Å². The Bertz CT molecular complexity index is 632. The minimum Gasteiger partial charge on any atom is -0.330 e. The predicted octanol–water partition coefficient (Wildman–Crippen LogP) is 3.72. The first-order valence-corrected chi connectivity index (χ1v) is 6.84. The number of likely N-dealkylation sites (N-methyl/N-ethyl adjacent to an activating group) is 1. The summed E-state index contributed by atoms with van der Waals surface area (Å²) in [7, 11) is 4.04. The van der Waals surface area contributed by atoms with Crippen molar-refractivity contribution in [2.45, 2.75) is 13.0 Å². The maximum absolute atomic E-state index is 13.5. The Hall–Kier alpha value is -0.720. The number of benzene rings is 1. The van der Waals surface area contributed by atoms with Gasteiger partial charge in [-0.3, -0.25) is 0 Å². The molecule has 2 rings (SSSR count). The van der Waals surface area contributed by atoms with E-state index in [9.17, 15) is 4.39 Å². The zero-order valence-corrected chi connectivity index (χ0v) is 12.9. The molecule has 0 aliphatic carbocycles. The molecule has 0 bridgehead atoms. The summed E-state index contributed by atoms with van der Waals surface area (Å²) in [4.78, 5) is 5.15. The molecule has 18 heavy (non-hydrogen) atoms. The molecule has 3 nitrogen and oxygen atoms in total. The lowest BCUT2D eigenvalue weighted by molar-refractivity contribution is 0.339. The van der Waals surface area contributed by atoms with Crippen molar-refractivity contribution in [3.8, 4) is 0 Å². The van der Waals surface area contributed by atoms with Gasteiger partial charge in [0, 0.05) is 18.7 Å². The maximum atomic E-state index is 13.5. The van der Waals surface area contributed by atoms with Crippen molar-refractivity contribution in [1.29, 1.82) is 0 Å². The van der Waals surface area contributed by atoms with Crippen LogP contribution in [0.1, 0.15) is 13.0 Å². The van der Waals surface area contributed by atoms with Crippen LogP contribution in [0.25, 0.3) is 11.0 Å². The van der Waals surface area contributed by atoms with E-state index in [4.69, 9.17) is 12.2 Å². The van der Waals surface area contributed by atoms with E-state index >= 15 is 0 Å². The standard InChI is InChI=1S/C12H15BrFN3S/c1-7(6-16(2)3)17-11-4-8(13)9(14)5-10(11)15-12(17)18/h4-5,7H,6H2,1-3H3,(H,15,18). The van der Waals surface area contributed by atoms with Crippen LogP contribution in [0.15, 0.2) is 16.6 Å². The first-order valence-electron chi connectivity index (χ1n) is 5.64. The third-order valence-corrected chi connectivity index (χ3v) is 3.74. The molecule has 2 aromatic rings. The molecule has 1 N–H and O–H groups in total.